The van der Waals surface area contributed by atoms with Crippen molar-refractivity contribution >= 4 is 22.8 Å². The van der Waals surface area contributed by atoms with E-state index in [0.717, 1.165) is 29.4 Å². The standard InChI is InChI=1S/C17H21N3O3/c1-20-15-5-3-2-4-13(15)14(19-20)10-16(21)18-12-8-6-11(7-9-12)17(22)23/h2-5,11-12H,6-10H2,1H3,(H,18,21)(H,22,23). The number of carbonyl (C=O) groups excluding carboxylic acids is 1. The number of amides is 1. The fourth-order valence-corrected chi connectivity index (χ4v) is 3.33. The number of aromatic nitrogens is 2. The van der Waals surface area contributed by atoms with Crippen molar-refractivity contribution in [2.45, 2.75) is 38.1 Å². The van der Waals surface area contributed by atoms with Gasteiger partial charge in [0, 0.05) is 18.5 Å². The summed E-state index contributed by atoms with van der Waals surface area (Å²) in [5.41, 5.74) is 1.79. The Hall–Kier alpha value is -2.37. The van der Waals surface area contributed by atoms with E-state index < -0.39 is 5.97 Å². The monoisotopic (exact) mass is 315 g/mol. The summed E-state index contributed by atoms with van der Waals surface area (Å²) in [6.07, 6.45) is 2.97. The van der Waals surface area contributed by atoms with E-state index >= 15 is 0 Å². The molecule has 1 aromatic carbocycles. The molecule has 6 heteroatoms. The molecule has 1 heterocycles. The molecule has 0 aliphatic heterocycles. The van der Waals surface area contributed by atoms with Crippen molar-refractivity contribution in [1.82, 2.24) is 15.1 Å². The molecular formula is C17H21N3O3. The number of benzene rings is 1. The number of aliphatic carboxylic acids is 1. The lowest BCUT2D eigenvalue weighted by Gasteiger charge is -2.26. The van der Waals surface area contributed by atoms with Gasteiger partial charge in [-0.1, -0.05) is 18.2 Å². The smallest absolute Gasteiger partial charge is 0.306 e. The number of aryl methyl sites for hydroxylation is 1. The lowest BCUT2D eigenvalue weighted by atomic mass is 9.86. The first kappa shape index (κ1) is 15.5. The van der Waals surface area contributed by atoms with Crippen molar-refractivity contribution in [3.63, 3.8) is 0 Å². The molecule has 23 heavy (non-hydrogen) atoms. The maximum absolute atomic E-state index is 12.3. The molecule has 0 atom stereocenters. The third-order valence-electron chi connectivity index (χ3n) is 4.60. The first-order valence-corrected chi connectivity index (χ1v) is 7.97. The van der Waals surface area contributed by atoms with E-state index in [2.05, 4.69) is 10.4 Å². The van der Waals surface area contributed by atoms with E-state index in [0.29, 0.717) is 12.8 Å². The molecule has 0 unspecified atom stereocenters. The predicted molar refractivity (Wildman–Crippen MR) is 85.9 cm³/mol. The molecule has 1 amide bonds. The molecule has 122 valence electrons. The molecule has 1 aliphatic rings. The Bertz CT molecular complexity index is 730. The molecule has 2 N–H and O–H groups in total. The number of carboxylic acid groups (broad SMARTS) is 1. The van der Waals surface area contributed by atoms with Crippen molar-refractivity contribution < 1.29 is 14.7 Å². The van der Waals surface area contributed by atoms with Crippen LogP contribution in [0.25, 0.3) is 10.9 Å². The number of rotatable bonds is 4. The second-order valence-electron chi connectivity index (χ2n) is 6.22. The number of hydrogen-bond acceptors (Lipinski definition) is 3. The van der Waals surface area contributed by atoms with Crippen LogP contribution in [0, 0.1) is 5.92 Å². The zero-order chi connectivity index (χ0) is 16.4. The molecule has 0 saturated heterocycles. The second-order valence-corrected chi connectivity index (χ2v) is 6.22. The number of nitrogens with zero attached hydrogens (tertiary/aromatic N) is 2. The van der Waals surface area contributed by atoms with Crippen LogP contribution in [0.2, 0.25) is 0 Å². The van der Waals surface area contributed by atoms with Crippen LogP contribution in [0.5, 0.6) is 0 Å². The number of hydrogen-bond donors (Lipinski definition) is 2. The zero-order valence-corrected chi connectivity index (χ0v) is 13.2. The maximum Gasteiger partial charge on any atom is 0.306 e. The van der Waals surface area contributed by atoms with Gasteiger partial charge in [-0.05, 0) is 31.7 Å². The van der Waals surface area contributed by atoms with Crippen molar-refractivity contribution in [3.8, 4) is 0 Å². The molecule has 1 fully saturated rings. The first-order chi connectivity index (χ1) is 11.0. The Morgan fingerprint density at radius 2 is 1.96 bits per heavy atom. The largest absolute Gasteiger partial charge is 0.481 e. The average Bonchev–Trinajstić information content (AvgIpc) is 2.84. The molecule has 1 aromatic heterocycles. The van der Waals surface area contributed by atoms with Crippen LogP contribution in [-0.2, 0) is 23.1 Å². The predicted octanol–water partition coefficient (Wildman–Crippen LogP) is 1.88. The lowest BCUT2D eigenvalue weighted by molar-refractivity contribution is -0.142. The Balaban J connectivity index is 1.60. The van der Waals surface area contributed by atoms with E-state index in [-0.39, 0.29) is 24.3 Å². The molecule has 0 bridgehead atoms. The molecule has 1 saturated carbocycles. The van der Waals surface area contributed by atoms with Crippen molar-refractivity contribution in [3.05, 3.63) is 30.0 Å². The summed E-state index contributed by atoms with van der Waals surface area (Å²) >= 11 is 0. The summed E-state index contributed by atoms with van der Waals surface area (Å²) in [5, 5.41) is 17.5. The van der Waals surface area contributed by atoms with Gasteiger partial charge in [-0.3, -0.25) is 14.3 Å². The highest BCUT2D eigenvalue weighted by Crippen LogP contribution is 2.24. The fraction of sp³-hybridized carbons (Fsp3) is 0.471. The Labute approximate surface area is 134 Å². The van der Waals surface area contributed by atoms with Crippen LogP contribution >= 0.6 is 0 Å². The molecule has 3 rings (SSSR count). The molecule has 6 nitrogen and oxygen atoms in total. The summed E-state index contributed by atoms with van der Waals surface area (Å²) in [7, 11) is 1.87. The van der Waals surface area contributed by atoms with Gasteiger partial charge in [-0.2, -0.15) is 5.10 Å². The van der Waals surface area contributed by atoms with Crippen LogP contribution in [0.4, 0.5) is 0 Å². The summed E-state index contributed by atoms with van der Waals surface area (Å²) in [6.45, 7) is 0. The average molecular weight is 315 g/mol. The number of fused-ring (bicyclic) bond motifs is 1. The first-order valence-electron chi connectivity index (χ1n) is 7.97. The van der Waals surface area contributed by atoms with E-state index in [4.69, 9.17) is 5.11 Å². The zero-order valence-electron chi connectivity index (χ0n) is 13.2. The second kappa shape index (κ2) is 6.40. The quantitative estimate of drug-likeness (QED) is 0.902. The van der Waals surface area contributed by atoms with Gasteiger partial charge >= 0.3 is 5.97 Å². The Morgan fingerprint density at radius 1 is 1.26 bits per heavy atom. The van der Waals surface area contributed by atoms with E-state index in [1.807, 2.05) is 31.3 Å². The third-order valence-corrected chi connectivity index (χ3v) is 4.60. The van der Waals surface area contributed by atoms with Gasteiger partial charge in [0.2, 0.25) is 5.91 Å². The molecule has 2 aromatic rings. The SMILES string of the molecule is Cn1nc(CC(=O)NC2CCC(C(=O)O)CC2)c2ccccc21. The summed E-state index contributed by atoms with van der Waals surface area (Å²) < 4.78 is 1.79. The van der Waals surface area contributed by atoms with Crippen molar-refractivity contribution in [2.24, 2.45) is 13.0 Å². The number of carbonyl (C=O) groups is 2. The molecule has 1 aliphatic carbocycles. The number of para-hydroxylation sites is 1. The number of nitrogens with one attached hydrogen (secondary N) is 1. The summed E-state index contributed by atoms with van der Waals surface area (Å²) in [5.74, 6) is -1.04. The Morgan fingerprint density at radius 3 is 2.65 bits per heavy atom. The highest BCUT2D eigenvalue weighted by atomic mass is 16.4. The fourth-order valence-electron chi connectivity index (χ4n) is 3.33. The molecule has 0 radical (unpaired) electrons. The van der Waals surface area contributed by atoms with Crippen molar-refractivity contribution in [1.29, 1.82) is 0 Å². The minimum absolute atomic E-state index is 0.0485. The normalized spacial score (nSPS) is 21.3. The maximum atomic E-state index is 12.3. The minimum atomic E-state index is -0.727. The van der Waals surface area contributed by atoms with Crippen LogP contribution in [-0.4, -0.2) is 32.8 Å². The minimum Gasteiger partial charge on any atom is -0.481 e. The highest BCUT2D eigenvalue weighted by molar-refractivity contribution is 5.87. The van der Waals surface area contributed by atoms with Gasteiger partial charge in [0.05, 0.1) is 23.5 Å². The van der Waals surface area contributed by atoms with Gasteiger partial charge in [0.25, 0.3) is 0 Å². The van der Waals surface area contributed by atoms with Gasteiger partial charge in [-0.25, -0.2) is 0 Å². The topological polar surface area (TPSA) is 84.2 Å². The van der Waals surface area contributed by atoms with Crippen LogP contribution < -0.4 is 5.32 Å². The summed E-state index contributed by atoms with van der Waals surface area (Å²) in [6, 6.07) is 7.93. The van der Waals surface area contributed by atoms with E-state index in [1.54, 1.807) is 4.68 Å². The van der Waals surface area contributed by atoms with Gasteiger partial charge in [0.1, 0.15) is 0 Å². The van der Waals surface area contributed by atoms with Crippen LogP contribution in [0.3, 0.4) is 0 Å². The Kier molecular flexibility index (Phi) is 4.32. The van der Waals surface area contributed by atoms with Gasteiger partial charge in [-0.15, -0.1) is 0 Å². The third kappa shape index (κ3) is 3.36. The summed E-state index contributed by atoms with van der Waals surface area (Å²) in [4.78, 5) is 23.2. The van der Waals surface area contributed by atoms with Crippen molar-refractivity contribution in [2.75, 3.05) is 0 Å². The van der Waals surface area contributed by atoms with Gasteiger partial charge < -0.3 is 10.4 Å². The molecular weight excluding hydrogens is 294 g/mol. The lowest BCUT2D eigenvalue weighted by Crippen LogP contribution is -2.39. The van der Waals surface area contributed by atoms with Gasteiger partial charge in [0.15, 0.2) is 0 Å². The van der Waals surface area contributed by atoms with Crippen LogP contribution in [0.1, 0.15) is 31.4 Å². The number of carboxylic acids is 1. The molecule has 0 spiro atoms. The van der Waals surface area contributed by atoms with Crippen LogP contribution in [0.15, 0.2) is 24.3 Å². The highest BCUT2D eigenvalue weighted by Gasteiger charge is 2.26. The van der Waals surface area contributed by atoms with E-state index in [1.165, 1.54) is 0 Å². The van der Waals surface area contributed by atoms with E-state index in [9.17, 15) is 9.59 Å².